The van der Waals surface area contributed by atoms with Gasteiger partial charge in [-0.2, -0.15) is 0 Å². The van der Waals surface area contributed by atoms with Crippen molar-refractivity contribution in [2.24, 2.45) is 5.92 Å². The number of urea groups is 1. The molecule has 0 bridgehead atoms. The van der Waals surface area contributed by atoms with Gasteiger partial charge in [0.2, 0.25) is 5.91 Å². The predicted molar refractivity (Wildman–Crippen MR) is 75.4 cm³/mol. The van der Waals surface area contributed by atoms with Crippen molar-refractivity contribution < 1.29 is 14.3 Å². The van der Waals surface area contributed by atoms with E-state index in [0.29, 0.717) is 19.1 Å². The fourth-order valence-corrected chi connectivity index (χ4v) is 2.86. The zero-order chi connectivity index (χ0) is 14.4. The number of carbonyl (C=O) groups excluding carboxylic acids is 2. The Balaban J connectivity index is 1.68. The molecular weight excluding hydrogens is 258 g/mol. The molecule has 1 aliphatic carbocycles. The number of imide groups is 1. The minimum Gasteiger partial charge on any atom is -0.379 e. The molecule has 2 unspecified atom stereocenters. The van der Waals surface area contributed by atoms with Crippen LogP contribution >= 0.6 is 0 Å². The SMILES string of the molecule is CC1CCCCC1NC(=O)NC(=O)CN1CCOCC1. The van der Waals surface area contributed by atoms with Gasteiger partial charge in [-0.3, -0.25) is 15.0 Å². The molecule has 2 rings (SSSR count). The highest BCUT2D eigenvalue weighted by Crippen LogP contribution is 2.23. The lowest BCUT2D eigenvalue weighted by atomic mass is 9.86. The average Bonchev–Trinajstić information content (AvgIpc) is 2.42. The summed E-state index contributed by atoms with van der Waals surface area (Å²) in [5, 5.41) is 5.35. The monoisotopic (exact) mass is 283 g/mol. The smallest absolute Gasteiger partial charge is 0.321 e. The number of amides is 3. The summed E-state index contributed by atoms with van der Waals surface area (Å²) in [4.78, 5) is 25.6. The maximum atomic E-state index is 11.8. The van der Waals surface area contributed by atoms with Crippen LogP contribution in [-0.2, 0) is 9.53 Å². The van der Waals surface area contributed by atoms with E-state index in [0.717, 1.165) is 32.4 Å². The highest BCUT2D eigenvalue weighted by atomic mass is 16.5. The molecule has 0 aromatic heterocycles. The first-order valence-corrected chi connectivity index (χ1v) is 7.55. The lowest BCUT2D eigenvalue weighted by molar-refractivity contribution is -0.122. The average molecular weight is 283 g/mol. The zero-order valence-corrected chi connectivity index (χ0v) is 12.2. The molecule has 2 aliphatic rings. The third-order valence-electron chi connectivity index (χ3n) is 4.15. The molecule has 6 heteroatoms. The van der Waals surface area contributed by atoms with Gasteiger partial charge in [0.25, 0.3) is 0 Å². The van der Waals surface area contributed by atoms with Crippen LogP contribution in [0.15, 0.2) is 0 Å². The number of morpholine rings is 1. The molecule has 0 spiro atoms. The minimum absolute atomic E-state index is 0.194. The summed E-state index contributed by atoms with van der Waals surface area (Å²) in [6.45, 7) is 5.21. The van der Waals surface area contributed by atoms with Crippen LogP contribution in [-0.4, -0.2) is 55.7 Å². The number of nitrogens with zero attached hydrogens (tertiary/aromatic N) is 1. The van der Waals surface area contributed by atoms with Gasteiger partial charge in [-0.15, -0.1) is 0 Å². The molecule has 114 valence electrons. The van der Waals surface area contributed by atoms with Crippen molar-refractivity contribution in [2.75, 3.05) is 32.8 Å². The van der Waals surface area contributed by atoms with E-state index >= 15 is 0 Å². The van der Waals surface area contributed by atoms with Crippen molar-refractivity contribution >= 4 is 11.9 Å². The molecule has 1 saturated heterocycles. The number of hydrogen-bond acceptors (Lipinski definition) is 4. The fraction of sp³-hybridized carbons (Fsp3) is 0.857. The van der Waals surface area contributed by atoms with Crippen molar-refractivity contribution in [1.29, 1.82) is 0 Å². The summed E-state index contributed by atoms with van der Waals surface area (Å²) in [7, 11) is 0. The number of ether oxygens (including phenoxy) is 1. The van der Waals surface area contributed by atoms with E-state index in [1.807, 2.05) is 4.90 Å². The van der Waals surface area contributed by atoms with Gasteiger partial charge >= 0.3 is 6.03 Å². The van der Waals surface area contributed by atoms with Gasteiger partial charge in [-0.05, 0) is 18.8 Å². The molecule has 1 aliphatic heterocycles. The Morgan fingerprint density at radius 3 is 2.60 bits per heavy atom. The fourth-order valence-electron chi connectivity index (χ4n) is 2.86. The second-order valence-corrected chi connectivity index (χ2v) is 5.78. The molecule has 0 aromatic rings. The summed E-state index contributed by atoms with van der Waals surface area (Å²) < 4.78 is 5.22. The van der Waals surface area contributed by atoms with Crippen molar-refractivity contribution in [3.63, 3.8) is 0 Å². The summed E-state index contributed by atoms with van der Waals surface area (Å²) in [5.41, 5.74) is 0. The maximum absolute atomic E-state index is 11.8. The first kappa shape index (κ1) is 15.3. The molecule has 0 aromatic carbocycles. The van der Waals surface area contributed by atoms with Crippen LogP contribution in [0.3, 0.4) is 0 Å². The van der Waals surface area contributed by atoms with Crippen LogP contribution in [0.2, 0.25) is 0 Å². The largest absolute Gasteiger partial charge is 0.379 e. The Labute approximate surface area is 120 Å². The zero-order valence-electron chi connectivity index (χ0n) is 12.2. The van der Waals surface area contributed by atoms with E-state index in [4.69, 9.17) is 4.74 Å². The number of nitrogens with one attached hydrogen (secondary N) is 2. The topological polar surface area (TPSA) is 70.7 Å². The van der Waals surface area contributed by atoms with Crippen LogP contribution in [0.1, 0.15) is 32.6 Å². The van der Waals surface area contributed by atoms with E-state index in [2.05, 4.69) is 17.6 Å². The van der Waals surface area contributed by atoms with Crippen LogP contribution < -0.4 is 10.6 Å². The molecule has 20 heavy (non-hydrogen) atoms. The highest BCUT2D eigenvalue weighted by molar-refractivity contribution is 5.95. The summed E-state index contributed by atoms with van der Waals surface area (Å²) in [6.07, 6.45) is 4.53. The molecule has 6 nitrogen and oxygen atoms in total. The Bertz CT molecular complexity index is 343. The Kier molecular flexibility index (Phi) is 5.79. The third kappa shape index (κ3) is 4.76. The van der Waals surface area contributed by atoms with Crippen molar-refractivity contribution in [3.8, 4) is 0 Å². The number of hydrogen-bond donors (Lipinski definition) is 2. The Hall–Kier alpha value is -1.14. The van der Waals surface area contributed by atoms with Gasteiger partial charge in [0, 0.05) is 19.1 Å². The van der Waals surface area contributed by atoms with Crippen LogP contribution in [0.4, 0.5) is 4.79 Å². The quantitative estimate of drug-likeness (QED) is 0.801. The molecule has 1 saturated carbocycles. The van der Waals surface area contributed by atoms with Gasteiger partial charge in [0.1, 0.15) is 0 Å². The van der Waals surface area contributed by atoms with Crippen molar-refractivity contribution in [3.05, 3.63) is 0 Å². The van der Waals surface area contributed by atoms with E-state index in [-0.39, 0.29) is 24.5 Å². The maximum Gasteiger partial charge on any atom is 0.321 e. The molecule has 3 amide bonds. The lowest BCUT2D eigenvalue weighted by Gasteiger charge is -2.29. The van der Waals surface area contributed by atoms with Gasteiger partial charge < -0.3 is 10.1 Å². The first-order valence-electron chi connectivity index (χ1n) is 7.55. The van der Waals surface area contributed by atoms with Crippen LogP contribution in [0, 0.1) is 5.92 Å². The number of rotatable bonds is 3. The van der Waals surface area contributed by atoms with Gasteiger partial charge in [0.05, 0.1) is 19.8 Å². The van der Waals surface area contributed by atoms with E-state index in [9.17, 15) is 9.59 Å². The van der Waals surface area contributed by atoms with Gasteiger partial charge in [-0.1, -0.05) is 19.8 Å². The highest BCUT2D eigenvalue weighted by Gasteiger charge is 2.23. The first-order chi connectivity index (χ1) is 9.65. The Morgan fingerprint density at radius 2 is 1.90 bits per heavy atom. The normalized spacial score (nSPS) is 27.9. The van der Waals surface area contributed by atoms with Crippen molar-refractivity contribution in [1.82, 2.24) is 15.5 Å². The molecule has 0 radical (unpaired) electrons. The Morgan fingerprint density at radius 1 is 1.20 bits per heavy atom. The standard InChI is InChI=1S/C14H25N3O3/c1-11-4-2-3-5-12(11)15-14(19)16-13(18)10-17-6-8-20-9-7-17/h11-12H,2-10H2,1H3,(H2,15,16,18,19). The van der Waals surface area contributed by atoms with Crippen molar-refractivity contribution in [2.45, 2.75) is 38.6 Å². The molecule has 2 N–H and O–H groups in total. The lowest BCUT2D eigenvalue weighted by Crippen LogP contribution is -2.50. The summed E-state index contributed by atoms with van der Waals surface area (Å²) >= 11 is 0. The number of carbonyl (C=O) groups is 2. The molecule has 2 fully saturated rings. The van der Waals surface area contributed by atoms with Crippen LogP contribution in [0.25, 0.3) is 0 Å². The summed E-state index contributed by atoms with van der Waals surface area (Å²) in [5.74, 6) is 0.247. The van der Waals surface area contributed by atoms with E-state index < -0.39 is 0 Å². The second-order valence-electron chi connectivity index (χ2n) is 5.78. The van der Waals surface area contributed by atoms with E-state index in [1.54, 1.807) is 0 Å². The third-order valence-corrected chi connectivity index (χ3v) is 4.15. The van der Waals surface area contributed by atoms with Crippen LogP contribution in [0.5, 0.6) is 0 Å². The molecule has 2 atom stereocenters. The minimum atomic E-state index is -0.359. The second kappa shape index (κ2) is 7.59. The van der Waals surface area contributed by atoms with Gasteiger partial charge in [-0.25, -0.2) is 4.79 Å². The summed E-state index contributed by atoms with van der Waals surface area (Å²) in [6, 6.07) is -0.165. The molecule has 1 heterocycles. The van der Waals surface area contributed by atoms with E-state index in [1.165, 1.54) is 6.42 Å². The van der Waals surface area contributed by atoms with Gasteiger partial charge in [0.15, 0.2) is 0 Å². The molecular formula is C14H25N3O3. The predicted octanol–water partition coefficient (Wildman–Crippen LogP) is 0.723.